The fourth-order valence-corrected chi connectivity index (χ4v) is 2.91. The number of guanidine groups is 1. The second kappa shape index (κ2) is 9.96. The first-order valence-electron chi connectivity index (χ1n) is 8.49. The van der Waals surface area contributed by atoms with Crippen LogP contribution in [-0.4, -0.2) is 56.7 Å². The molecule has 2 rings (SSSR count). The maximum Gasteiger partial charge on any atom is 0.194 e. The summed E-state index contributed by atoms with van der Waals surface area (Å²) in [5.74, 6) is 0.682. The summed E-state index contributed by atoms with van der Waals surface area (Å²) in [6, 6.07) is 6.41. The van der Waals surface area contributed by atoms with E-state index in [2.05, 4.69) is 15.3 Å². The van der Waals surface area contributed by atoms with E-state index in [-0.39, 0.29) is 11.6 Å². The molecule has 0 aliphatic rings. The number of hydrogen-bond acceptors (Lipinski definition) is 5. The fourth-order valence-electron chi connectivity index (χ4n) is 2.16. The Morgan fingerprint density at radius 2 is 2.08 bits per heavy atom. The van der Waals surface area contributed by atoms with Gasteiger partial charge in [0.1, 0.15) is 6.61 Å². The van der Waals surface area contributed by atoms with Crippen LogP contribution < -0.4 is 15.0 Å². The minimum atomic E-state index is -0.351. The van der Waals surface area contributed by atoms with Gasteiger partial charge in [0.2, 0.25) is 0 Å². The third-order valence-corrected chi connectivity index (χ3v) is 4.59. The highest BCUT2D eigenvalue weighted by Crippen LogP contribution is 2.18. The van der Waals surface area contributed by atoms with Gasteiger partial charge in [0.05, 0.1) is 18.8 Å². The van der Waals surface area contributed by atoms with E-state index in [0.717, 1.165) is 23.3 Å². The molecule has 0 aliphatic carbocycles. The highest BCUT2D eigenvalue weighted by Gasteiger charge is 2.08. The molecule has 0 aliphatic heterocycles. The monoisotopic (exact) mass is 379 g/mol. The van der Waals surface area contributed by atoms with Crippen molar-refractivity contribution in [2.45, 2.75) is 13.5 Å². The van der Waals surface area contributed by atoms with Crippen LogP contribution in [0.25, 0.3) is 0 Å². The Morgan fingerprint density at radius 1 is 1.31 bits per heavy atom. The number of rotatable bonds is 8. The third-order valence-electron chi connectivity index (χ3n) is 3.53. The summed E-state index contributed by atoms with van der Waals surface area (Å²) in [4.78, 5) is 13.1. The Labute approximate surface area is 158 Å². The fraction of sp³-hybridized carbons (Fsp3) is 0.444. The Bertz CT molecular complexity index is 719. The zero-order chi connectivity index (χ0) is 18.9. The van der Waals surface area contributed by atoms with E-state index in [1.807, 2.05) is 43.2 Å². The molecule has 6 nitrogen and oxygen atoms in total. The molecule has 0 radical (unpaired) electrons. The molecule has 142 valence electrons. The van der Waals surface area contributed by atoms with Crippen LogP contribution in [-0.2, 0) is 6.54 Å². The first kappa shape index (κ1) is 20.0. The molecule has 26 heavy (non-hydrogen) atoms. The smallest absolute Gasteiger partial charge is 0.194 e. The van der Waals surface area contributed by atoms with Gasteiger partial charge in [-0.15, -0.1) is 11.3 Å². The minimum absolute atomic E-state index is 0.265. The Balaban J connectivity index is 1.90. The van der Waals surface area contributed by atoms with E-state index in [4.69, 9.17) is 4.74 Å². The average molecular weight is 380 g/mol. The van der Waals surface area contributed by atoms with Gasteiger partial charge in [0.15, 0.2) is 22.7 Å². The molecular weight excluding hydrogens is 353 g/mol. The van der Waals surface area contributed by atoms with Crippen LogP contribution in [0.5, 0.6) is 5.75 Å². The Morgan fingerprint density at radius 3 is 2.73 bits per heavy atom. The van der Waals surface area contributed by atoms with E-state index in [1.165, 1.54) is 6.07 Å². The SMILES string of the molecule is CCNC(=NCc1csc(N(C)C)n1)N(C)CCOc1ccccc1F. The quantitative estimate of drug-likeness (QED) is 0.565. The molecule has 1 aromatic carbocycles. The van der Waals surface area contributed by atoms with Gasteiger partial charge in [-0.25, -0.2) is 14.4 Å². The number of aliphatic imine (C=N–C) groups is 1. The lowest BCUT2D eigenvalue weighted by Crippen LogP contribution is -2.40. The van der Waals surface area contributed by atoms with Gasteiger partial charge in [0.25, 0.3) is 0 Å². The maximum absolute atomic E-state index is 13.6. The molecule has 1 aromatic heterocycles. The van der Waals surface area contributed by atoms with Gasteiger partial charge in [0, 0.05) is 33.1 Å². The van der Waals surface area contributed by atoms with Crippen LogP contribution in [0.2, 0.25) is 0 Å². The molecule has 1 N–H and O–H groups in total. The molecule has 0 saturated heterocycles. The summed E-state index contributed by atoms with van der Waals surface area (Å²) in [5, 5.41) is 6.24. The zero-order valence-corrected chi connectivity index (χ0v) is 16.5. The van der Waals surface area contributed by atoms with Crippen LogP contribution in [0.15, 0.2) is 34.6 Å². The number of nitrogens with zero attached hydrogens (tertiary/aromatic N) is 4. The van der Waals surface area contributed by atoms with Gasteiger partial charge >= 0.3 is 0 Å². The number of para-hydroxylation sites is 1. The van der Waals surface area contributed by atoms with E-state index in [1.54, 1.807) is 29.5 Å². The van der Waals surface area contributed by atoms with Gasteiger partial charge in [-0.1, -0.05) is 12.1 Å². The minimum Gasteiger partial charge on any atom is -0.489 e. The lowest BCUT2D eigenvalue weighted by Gasteiger charge is -2.22. The summed E-state index contributed by atoms with van der Waals surface area (Å²) in [6.45, 7) is 4.23. The normalized spacial score (nSPS) is 11.3. The van der Waals surface area contributed by atoms with Crippen molar-refractivity contribution in [3.63, 3.8) is 0 Å². The molecule has 0 saturated carbocycles. The largest absolute Gasteiger partial charge is 0.489 e. The topological polar surface area (TPSA) is 53.0 Å². The van der Waals surface area contributed by atoms with Crippen LogP contribution in [0.3, 0.4) is 0 Å². The van der Waals surface area contributed by atoms with Crippen molar-refractivity contribution in [2.24, 2.45) is 4.99 Å². The number of ether oxygens (including phenoxy) is 1. The number of likely N-dealkylation sites (N-methyl/N-ethyl adjacent to an activating group) is 1. The summed E-state index contributed by atoms with van der Waals surface area (Å²) < 4.78 is 19.1. The first-order valence-corrected chi connectivity index (χ1v) is 9.37. The van der Waals surface area contributed by atoms with Crippen molar-refractivity contribution in [3.8, 4) is 5.75 Å². The predicted octanol–water partition coefficient (Wildman–Crippen LogP) is 2.82. The van der Waals surface area contributed by atoms with Crippen molar-refractivity contribution in [2.75, 3.05) is 45.7 Å². The summed E-state index contributed by atoms with van der Waals surface area (Å²) in [7, 11) is 5.87. The molecule has 0 unspecified atom stereocenters. The van der Waals surface area contributed by atoms with Crippen molar-refractivity contribution < 1.29 is 9.13 Å². The van der Waals surface area contributed by atoms with Gasteiger partial charge in [-0.2, -0.15) is 0 Å². The van der Waals surface area contributed by atoms with Gasteiger partial charge < -0.3 is 19.9 Å². The lowest BCUT2D eigenvalue weighted by molar-refractivity contribution is 0.270. The molecule has 0 fully saturated rings. The second-order valence-electron chi connectivity index (χ2n) is 5.89. The van der Waals surface area contributed by atoms with Crippen molar-refractivity contribution in [3.05, 3.63) is 41.2 Å². The first-order chi connectivity index (χ1) is 12.5. The Hall–Kier alpha value is -2.35. The molecule has 2 aromatic rings. The van der Waals surface area contributed by atoms with Crippen LogP contribution in [0, 0.1) is 5.82 Å². The molecule has 8 heteroatoms. The molecule has 0 spiro atoms. The summed E-state index contributed by atoms with van der Waals surface area (Å²) in [5.41, 5.74) is 0.935. The average Bonchev–Trinajstić information content (AvgIpc) is 3.09. The summed E-state index contributed by atoms with van der Waals surface area (Å²) in [6.07, 6.45) is 0. The third kappa shape index (κ3) is 5.87. The number of halogens is 1. The zero-order valence-electron chi connectivity index (χ0n) is 15.7. The van der Waals surface area contributed by atoms with Gasteiger partial charge in [-0.3, -0.25) is 0 Å². The molecule has 0 bridgehead atoms. The molecular formula is C18H26FN5OS. The number of thiazole rings is 1. The Kier molecular flexibility index (Phi) is 7.65. The van der Waals surface area contributed by atoms with Crippen molar-refractivity contribution in [1.29, 1.82) is 0 Å². The summed E-state index contributed by atoms with van der Waals surface area (Å²) >= 11 is 1.60. The van der Waals surface area contributed by atoms with E-state index >= 15 is 0 Å². The van der Waals surface area contributed by atoms with Crippen molar-refractivity contribution in [1.82, 2.24) is 15.2 Å². The number of hydrogen-bond donors (Lipinski definition) is 1. The van der Waals surface area contributed by atoms with E-state index in [9.17, 15) is 4.39 Å². The maximum atomic E-state index is 13.6. The van der Waals surface area contributed by atoms with Crippen LogP contribution in [0.4, 0.5) is 9.52 Å². The number of nitrogens with one attached hydrogen (secondary N) is 1. The van der Waals surface area contributed by atoms with E-state index < -0.39 is 0 Å². The van der Waals surface area contributed by atoms with Crippen LogP contribution >= 0.6 is 11.3 Å². The van der Waals surface area contributed by atoms with E-state index in [0.29, 0.717) is 19.7 Å². The number of aromatic nitrogens is 1. The highest BCUT2D eigenvalue weighted by molar-refractivity contribution is 7.13. The van der Waals surface area contributed by atoms with Crippen LogP contribution in [0.1, 0.15) is 12.6 Å². The number of anilines is 1. The highest BCUT2D eigenvalue weighted by atomic mass is 32.1. The lowest BCUT2D eigenvalue weighted by atomic mass is 10.3. The van der Waals surface area contributed by atoms with Gasteiger partial charge in [-0.05, 0) is 19.1 Å². The predicted molar refractivity (Wildman–Crippen MR) is 106 cm³/mol. The number of benzene rings is 1. The molecule has 0 amide bonds. The molecule has 0 atom stereocenters. The standard InChI is InChI=1S/C18H26FN5OS/c1-5-20-17(21-12-14-13-26-18(22-14)23(2)3)24(4)10-11-25-16-9-7-6-8-15(16)19/h6-9,13H,5,10-12H2,1-4H3,(H,20,21). The van der Waals surface area contributed by atoms with Crippen molar-refractivity contribution >= 4 is 22.4 Å². The molecule has 1 heterocycles. The second-order valence-corrected chi connectivity index (χ2v) is 6.72.